The average Bonchev–Trinajstić information content (AvgIpc) is 3.51. The molecule has 2 atom stereocenters. The van der Waals surface area contributed by atoms with Crippen molar-refractivity contribution in [3.8, 4) is 6.07 Å². The number of aliphatic carboxylic acids is 1. The number of hydrogen-bond acceptors (Lipinski definition) is 12. The number of carboxylic acids is 1. The quantitative estimate of drug-likeness (QED) is 0.199. The van der Waals surface area contributed by atoms with Crippen molar-refractivity contribution in [1.82, 2.24) is 30.4 Å². The highest BCUT2D eigenvalue weighted by Gasteiger charge is 2.54. The van der Waals surface area contributed by atoms with Crippen LogP contribution in [-0.2, 0) is 25.8 Å². The molecule has 176 valence electrons. The zero-order valence-corrected chi connectivity index (χ0v) is 19.9. The van der Waals surface area contributed by atoms with Gasteiger partial charge in [0.1, 0.15) is 30.8 Å². The maximum Gasteiger partial charge on any atom is 0.352 e. The van der Waals surface area contributed by atoms with Gasteiger partial charge in [0.25, 0.3) is 11.8 Å². The van der Waals surface area contributed by atoms with E-state index in [4.69, 9.17) is 10.1 Å². The van der Waals surface area contributed by atoms with E-state index in [1.165, 1.54) is 51.6 Å². The van der Waals surface area contributed by atoms with Gasteiger partial charge in [-0.3, -0.25) is 14.5 Å². The zero-order chi connectivity index (χ0) is 24.2. The Bertz CT molecular complexity index is 1220. The van der Waals surface area contributed by atoms with Crippen molar-refractivity contribution < 1.29 is 24.3 Å². The predicted molar refractivity (Wildman–Crippen MR) is 122 cm³/mol. The number of hydrogen-bond donors (Lipinski definition) is 2. The first-order valence-electron chi connectivity index (χ1n) is 9.58. The summed E-state index contributed by atoms with van der Waals surface area (Å²) in [6, 6.07) is 4.51. The van der Waals surface area contributed by atoms with Crippen molar-refractivity contribution in [1.29, 1.82) is 5.26 Å². The fourth-order valence-electron chi connectivity index (χ4n) is 3.32. The van der Waals surface area contributed by atoms with Crippen LogP contribution in [0.2, 0.25) is 0 Å². The lowest BCUT2D eigenvalue weighted by atomic mass is 10.0. The second-order valence-corrected chi connectivity index (χ2v) is 9.78. The van der Waals surface area contributed by atoms with E-state index >= 15 is 0 Å². The standard InChI is InChI=1S/C18H16N8O5S3/c1-31-22-11(10-3-2-6-32-10)14(27)20-12-15(28)26-13(17(29)30)9(7-33-16(12)26)8-34-18-21-23-24-25(18)5-4-19/h2-3,6,12,16H,5,7-8H2,1H3,(H,20,27)(H,29,30)/t12?,16-/m0/s1. The predicted octanol–water partition coefficient (Wildman–Crippen LogP) is 0.140. The van der Waals surface area contributed by atoms with Gasteiger partial charge < -0.3 is 15.3 Å². The molecule has 0 bridgehead atoms. The molecule has 34 heavy (non-hydrogen) atoms. The highest BCUT2D eigenvalue weighted by atomic mass is 32.2. The molecule has 0 radical (unpaired) electrons. The molecule has 2 aliphatic rings. The zero-order valence-electron chi connectivity index (χ0n) is 17.4. The summed E-state index contributed by atoms with van der Waals surface area (Å²) in [6.07, 6.45) is 0. The number of oxime groups is 1. The Morgan fingerprint density at radius 1 is 1.50 bits per heavy atom. The first kappa shape index (κ1) is 23.7. The molecule has 1 saturated heterocycles. The molecule has 0 aromatic carbocycles. The number of nitrogens with zero attached hydrogens (tertiary/aromatic N) is 7. The van der Waals surface area contributed by atoms with Crippen molar-refractivity contribution in [2.45, 2.75) is 23.1 Å². The van der Waals surface area contributed by atoms with Crippen LogP contribution in [0.15, 0.2) is 39.1 Å². The minimum absolute atomic E-state index is 0.0331. The Balaban J connectivity index is 1.48. The number of fused-ring (bicyclic) bond motifs is 1. The van der Waals surface area contributed by atoms with Gasteiger partial charge in [-0.1, -0.05) is 23.0 Å². The fourth-order valence-corrected chi connectivity index (χ4v) is 6.39. The number of aromatic nitrogens is 4. The lowest BCUT2D eigenvalue weighted by molar-refractivity contribution is -0.150. The maximum absolute atomic E-state index is 12.9. The average molecular weight is 521 g/mol. The van der Waals surface area contributed by atoms with Crippen LogP contribution in [0.4, 0.5) is 0 Å². The van der Waals surface area contributed by atoms with Crippen molar-refractivity contribution in [2.24, 2.45) is 5.16 Å². The van der Waals surface area contributed by atoms with Crippen molar-refractivity contribution in [3.05, 3.63) is 33.7 Å². The minimum atomic E-state index is -1.24. The number of carboxylic acid groups (broad SMARTS) is 1. The summed E-state index contributed by atoms with van der Waals surface area (Å²) in [5.41, 5.74) is 0.435. The normalized spacial score (nSPS) is 19.8. The van der Waals surface area contributed by atoms with Gasteiger partial charge in [0, 0.05) is 11.5 Å². The molecule has 0 saturated carbocycles. The number of tetrazole rings is 1. The molecule has 4 rings (SSSR count). The van der Waals surface area contributed by atoms with Gasteiger partial charge in [0.05, 0.1) is 10.9 Å². The molecular weight excluding hydrogens is 504 g/mol. The molecule has 2 amide bonds. The Hall–Kier alpha value is -3.42. The molecule has 2 aromatic rings. The van der Waals surface area contributed by atoms with Gasteiger partial charge in [-0.05, 0) is 27.4 Å². The highest BCUT2D eigenvalue weighted by Crippen LogP contribution is 2.41. The van der Waals surface area contributed by atoms with Crippen LogP contribution >= 0.6 is 34.9 Å². The number of nitrogens with one attached hydrogen (secondary N) is 1. The third-order valence-corrected chi connectivity index (χ3v) is 8.04. The van der Waals surface area contributed by atoms with Crippen LogP contribution in [-0.4, -0.2) is 83.7 Å². The van der Waals surface area contributed by atoms with Crippen molar-refractivity contribution in [2.75, 3.05) is 18.6 Å². The number of amides is 2. The molecule has 1 unspecified atom stereocenters. The molecular formula is C18H16N8O5S3. The number of thiophene rings is 1. The number of nitriles is 1. The molecule has 0 aliphatic carbocycles. The summed E-state index contributed by atoms with van der Waals surface area (Å²) in [4.78, 5) is 44.2. The fraction of sp³-hybridized carbons (Fsp3) is 0.333. The second-order valence-electron chi connectivity index (χ2n) is 6.78. The Kier molecular flexibility index (Phi) is 7.14. The molecule has 2 N–H and O–H groups in total. The minimum Gasteiger partial charge on any atom is -0.477 e. The van der Waals surface area contributed by atoms with E-state index < -0.39 is 29.2 Å². The maximum atomic E-state index is 12.9. The monoisotopic (exact) mass is 520 g/mol. The number of rotatable bonds is 9. The van der Waals surface area contributed by atoms with Crippen LogP contribution in [0.5, 0.6) is 0 Å². The van der Waals surface area contributed by atoms with E-state index in [9.17, 15) is 19.5 Å². The largest absolute Gasteiger partial charge is 0.477 e. The molecule has 4 heterocycles. The van der Waals surface area contributed by atoms with Gasteiger partial charge >= 0.3 is 5.97 Å². The Labute approximate surface area is 204 Å². The first-order valence-corrected chi connectivity index (χ1v) is 12.5. The SMILES string of the molecule is CON=C(C(=O)NC1C(=O)N2C(C(=O)O)=C(CSc3nnnn3CC#N)CS[C@@H]12)c1cccs1. The van der Waals surface area contributed by atoms with Gasteiger partial charge in [-0.25, -0.2) is 9.48 Å². The summed E-state index contributed by atoms with van der Waals surface area (Å²) in [7, 11) is 1.32. The van der Waals surface area contributed by atoms with E-state index in [0.717, 1.165) is 0 Å². The van der Waals surface area contributed by atoms with E-state index in [0.29, 0.717) is 21.4 Å². The van der Waals surface area contributed by atoms with Gasteiger partial charge in [-0.2, -0.15) is 5.26 Å². The summed E-state index contributed by atoms with van der Waals surface area (Å²) in [6.45, 7) is -0.0389. The molecule has 0 spiro atoms. The van der Waals surface area contributed by atoms with Crippen LogP contribution in [0.25, 0.3) is 0 Å². The van der Waals surface area contributed by atoms with Crippen LogP contribution in [0, 0.1) is 11.3 Å². The lowest BCUT2D eigenvalue weighted by Crippen LogP contribution is -2.71. The van der Waals surface area contributed by atoms with E-state index in [1.54, 1.807) is 17.5 Å². The highest BCUT2D eigenvalue weighted by molar-refractivity contribution is 8.01. The van der Waals surface area contributed by atoms with Crippen molar-refractivity contribution >= 4 is 58.4 Å². The molecule has 1 fully saturated rings. The molecule has 16 heteroatoms. The van der Waals surface area contributed by atoms with Gasteiger partial charge in [-0.15, -0.1) is 28.2 Å². The summed E-state index contributed by atoms with van der Waals surface area (Å²) >= 11 is 3.82. The Morgan fingerprint density at radius 3 is 3.00 bits per heavy atom. The topological polar surface area (TPSA) is 176 Å². The van der Waals surface area contributed by atoms with E-state index in [-0.39, 0.29) is 23.7 Å². The van der Waals surface area contributed by atoms with E-state index in [1.807, 2.05) is 6.07 Å². The third kappa shape index (κ3) is 4.49. The van der Waals surface area contributed by atoms with Crippen LogP contribution in [0.3, 0.4) is 0 Å². The third-order valence-electron chi connectivity index (χ3n) is 4.78. The van der Waals surface area contributed by atoms with Crippen LogP contribution < -0.4 is 5.32 Å². The Morgan fingerprint density at radius 2 is 2.32 bits per heavy atom. The summed E-state index contributed by atoms with van der Waals surface area (Å²) in [5.74, 6) is -1.80. The first-order chi connectivity index (χ1) is 16.5. The van der Waals surface area contributed by atoms with Crippen molar-refractivity contribution in [3.63, 3.8) is 0 Å². The van der Waals surface area contributed by atoms with Crippen LogP contribution in [0.1, 0.15) is 4.88 Å². The summed E-state index contributed by atoms with van der Waals surface area (Å²) < 4.78 is 1.30. The second kappa shape index (κ2) is 10.2. The molecule has 2 aromatic heterocycles. The lowest BCUT2D eigenvalue weighted by Gasteiger charge is -2.49. The molecule has 13 nitrogen and oxygen atoms in total. The smallest absolute Gasteiger partial charge is 0.352 e. The number of carbonyl (C=O) groups excluding carboxylic acids is 2. The van der Waals surface area contributed by atoms with Gasteiger partial charge in [0.2, 0.25) is 5.16 Å². The summed E-state index contributed by atoms with van der Waals surface area (Å²) in [5, 5.41) is 37.7. The van der Waals surface area contributed by atoms with Gasteiger partial charge in [0.15, 0.2) is 5.71 Å². The molecule has 2 aliphatic heterocycles. The number of β-lactam (4-membered cyclic amide) rings is 1. The van der Waals surface area contributed by atoms with E-state index in [2.05, 4.69) is 26.0 Å². The number of carbonyl (C=O) groups is 3. The number of thioether (sulfide) groups is 2.